The largest absolute Gasteiger partial charge is 0.314 e. The lowest BCUT2D eigenvalue weighted by Crippen LogP contribution is -2.18. The first-order chi connectivity index (χ1) is 30.2. The van der Waals surface area contributed by atoms with E-state index in [1.165, 1.54) is 105 Å². The van der Waals surface area contributed by atoms with Crippen molar-refractivity contribution in [2.75, 3.05) is 4.90 Å². The Labute approximate surface area is 357 Å². The number of hydrogen-bond donors (Lipinski definition) is 0. The minimum Gasteiger partial charge on any atom is -0.314 e. The van der Waals surface area contributed by atoms with Crippen LogP contribution in [0.2, 0.25) is 0 Å². The molecular formula is C60H43N. The highest BCUT2D eigenvalue weighted by Gasteiger charge is 2.24. The maximum absolute atomic E-state index is 2.49. The van der Waals surface area contributed by atoms with Gasteiger partial charge in [-0.2, -0.15) is 0 Å². The Morgan fingerprint density at radius 2 is 0.984 bits per heavy atom. The van der Waals surface area contributed by atoms with Gasteiger partial charge in [-0.25, -0.2) is 0 Å². The third-order valence-electron chi connectivity index (χ3n) is 13.2. The summed E-state index contributed by atoms with van der Waals surface area (Å²) in [5.74, 6) is 0. The van der Waals surface area contributed by atoms with Crippen molar-refractivity contribution in [3.8, 4) is 44.5 Å². The summed E-state index contributed by atoms with van der Waals surface area (Å²) in [7, 11) is 0. The lowest BCUT2D eigenvalue weighted by Gasteiger charge is -2.31. The predicted octanol–water partition coefficient (Wildman–Crippen LogP) is 16.4. The fourth-order valence-corrected chi connectivity index (χ4v) is 10.2. The number of nitrogens with zero attached hydrogens (tertiary/aromatic N) is 1. The summed E-state index contributed by atoms with van der Waals surface area (Å²) in [6.07, 6.45) is 11.2. The molecule has 0 radical (unpaired) electrons. The standard InChI is InChI=1S/C60H43N/c1-3-12-40(13-4-1)43-16-9-19-52(37-43)61(53-20-10-17-44(38-53)50-36-49-18-11-23-58-56-21-7-8-22-57(56)59(39-50)60(49)58)51-30-26-42(27-31-51)46-29-33-55-48(35-46)25-24-47-34-45(28-32-54(47)55)41-14-5-2-6-15-41/h1-26,29-30,33-39H,27-28,31-32H2. The van der Waals surface area contributed by atoms with Gasteiger partial charge in [0.05, 0.1) is 0 Å². The predicted molar refractivity (Wildman–Crippen MR) is 260 cm³/mol. The van der Waals surface area contributed by atoms with Gasteiger partial charge in [-0.1, -0.05) is 164 Å². The van der Waals surface area contributed by atoms with Crippen molar-refractivity contribution in [3.05, 3.63) is 234 Å². The molecule has 0 atom stereocenters. The molecule has 0 fully saturated rings. The molecule has 0 spiro atoms. The molecule has 0 heterocycles. The molecule has 0 N–H and O–H groups in total. The van der Waals surface area contributed by atoms with E-state index in [0.717, 1.165) is 37.1 Å². The molecule has 1 nitrogen and oxygen atoms in total. The van der Waals surface area contributed by atoms with E-state index in [1.807, 2.05) is 0 Å². The zero-order valence-electron chi connectivity index (χ0n) is 34.0. The van der Waals surface area contributed by atoms with E-state index in [2.05, 4.69) is 217 Å². The monoisotopic (exact) mass is 777 g/mol. The number of allylic oxidation sites excluding steroid dienone is 5. The van der Waals surface area contributed by atoms with E-state index in [0.29, 0.717) is 0 Å². The molecular weight excluding hydrogens is 735 g/mol. The summed E-state index contributed by atoms with van der Waals surface area (Å²) in [4.78, 5) is 2.49. The van der Waals surface area contributed by atoms with Crippen molar-refractivity contribution < 1.29 is 0 Å². The summed E-state index contributed by atoms with van der Waals surface area (Å²) < 4.78 is 0. The van der Waals surface area contributed by atoms with Crippen molar-refractivity contribution in [3.63, 3.8) is 0 Å². The minimum atomic E-state index is 0.931. The second-order valence-electron chi connectivity index (χ2n) is 16.7. The zero-order valence-corrected chi connectivity index (χ0v) is 34.0. The number of aryl methyl sites for hydroxylation is 1. The first kappa shape index (κ1) is 35.5. The van der Waals surface area contributed by atoms with Gasteiger partial charge in [0, 0.05) is 17.1 Å². The van der Waals surface area contributed by atoms with Crippen LogP contribution >= 0.6 is 0 Å². The molecule has 0 aliphatic heterocycles. The van der Waals surface area contributed by atoms with Gasteiger partial charge in [-0.3, -0.25) is 0 Å². The van der Waals surface area contributed by atoms with E-state index >= 15 is 0 Å². The van der Waals surface area contributed by atoms with E-state index in [4.69, 9.17) is 0 Å². The van der Waals surface area contributed by atoms with Gasteiger partial charge in [0.25, 0.3) is 0 Å². The molecule has 61 heavy (non-hydrogen) atoms. The summed E-state index contributed by atoms with van der Waals surface area (Å²) >= 11 is 0. The van der Waals surface area contributed by atoms with Crippen LogP contribution in [0.1, 0.15) is 41.5 Å². The van der Waals surface area contributed by atoms with Crippen molar-refractivity contribution in [2.45, 2.75) is 25.7 Å². The highest BCUT2D eigenvalue weighted by Crippen LogP contribution is 2.49. The summed E-state index contributed by atoms with van der Waals surface area (Å²) in [5, 5.41) is 5.35. The molecule has 12 rings (SSSR count). The van der Waals surface area contributed by atoms with E-state index in [1.54, 1.807) is 0 Å². The van der Waals surface area contributed by atoms with Gasteiger partial charge in [-0.05, 0) is 174 Å². The maximum atomic E-state index is 2.49. The highest BCUT2D eigenvalue weighted by atomic mass is 15.1. The van der Waals surface area contributed by atoms with Gasteiger partial charge in [-0.15, -0.1) is 0 Å². The van der Waals surface area contributed by atoms with Crippen LogP contribution in [0.15, 0.2) is 212 Å². The molecule has 0 unspecified atom stereocenters. The van der Waals surface area contributed by atoms with Crippen LogP contribution in [0.5, 0.6) is 0 Å². The van der Waals surface area contributed by atoms with Crippen LogP contribution in [-0.2, 0) is 6.42 Å². The SMILES string of the molecule is C1=C(c2ccc3c4c(ccc3c2)C=C(c2ccccc2)CC4)CCC(N(c2cccc(-c3ccccc3)c2)c2cccc(-c3cc4c5c(cccc5c3)-c3ccccc3-4)c2)=C1. The molecule has 0 saturated heterocycles. The average molecular weight is 778 g/mol. The topological polar surface area (TPSA) is 3.24 Å². The van der Waals surface area contributed by atoms with Gasteiger partial charge in [0.15, 0.2) is 0 Å². The van der Waals surface area contributed by atoms with Crippen LogP contribution in [0.3, 0.4) is 0 Å². The van der Waals surface area contributed by atoms with Gasteiger partial charge >= 0.3 is 0 Å². The quantitative estimate of drug-likeness (QED) is 0.156. The molecule has 288 valence electrons. The Bertz CT molecular complexity index is 3290. The molecule has 3 aliphatic rings. The molecule has 9 aromatic carbocycles. The Kier molecular flexibility index (Phi) is 8.52. The van der Waals surface area contributed by atoms with Crippen molar-refractivity contribution in [2.24, 2.45) is 0 Å². The van der Waals surface area contributed by atoms with Crippen LogP contribution < -0.4 is 4.90 Å². The number of hydrogen-bond acceptors (Lipinski definition) is 1. The molecule has 1 heteroatoms. The third kappa shape index (κ3) is 6.24. The fourth-order valence-electron chi connectivity index (χ4n) is 10.2. The summed E-state index contributed by atoms with van der Waals surface area (Å²) in [5.41, 5.74) is 22.1. The number of fused-ring (bicyclic) bond motifs is 6. The Morgan fingerprint density at radius 3 is 1.74 bits per heavy atom. The fraction of sp³-hybridized carbons (Fsp3) is 0.0667. The molecule has 9 aromatic rings. The smallest absolute Gasteiger partial charge is 0.0464 e. The van der Waals surface area contributed by atoms with Crippen molar-refractivity contribution in [1.82, 2.24) is 0 Å². The first-order valence-electron chi connectivity index (χ1n) is 21.7. The van der Waals surface area contributed by atoms with Gasteiger partial charge in [0.2, 0.25) is 0 Å². The second-order valence-corrected chi connectivity index (χ2v) is 16.7. The van der Waals surface area contributed by atoms with E-state index < -0.39 is 0 Å². The summed E-state index contributed by atoms with van der Waals surface area (Å²) in [6, 6.07) is 71.9. The van der Waals surface area contributed by atoms with Gasteiger partial charge in [0.1, 0.15) is 0 Å². The number of benzene rings is 9. The lowest BCUT2D eigenvalue weighted by atomic mass is 9.85. The molecule has 0 aromatic heterocycles. The maximum Gasteiger partial charge on any atom is 0.0464 e. The molecule has 0 saturated carbocycles. The Balaban J connectivity index is 0.920. The van der Waals surface area contributed by atoms with Crippen LogP contribution in [-0.4, -0.2) is 0 Å². The normalized spacial score (nSPS) is 13.9. The van der Waals surface area contributed by atoms with Crippen LogP contribution in [0, 0.1) is 0 Å². The third-order valence-corrected chi connectivity index (χ3v) is 13.2. The van der Waals surface area contributed by atoms with E-state index in [9.17, 15) is 0 Å². The highest BCUT2D eigenvalue weighted by molar-refractivity contribution is 6.16. The first-order valence-corrected chi connectivity index (χ1v) is 21.7. The van der Waals surface area contributed by atoms with Crippen LogP contribution in [0.4, 0.5) is 11.4 Å². The zero-order chi connectivity index (χ0) is 40.3. The number of anilines is 2. The van der Waals surface area contributed by atoms with Crippen molar-refractivity contribution in [1.29, 1.82) is 0 Å². The Morgan fingerprint density at radius 1 is 0.344 bits per heavy atom. The average Bonchev–Trinajstić information content (AvgIpc) is 3.66. The van der Waals surface area contributed by atoms with Gasteiger partial charge < -0.3 is 4.90 Å². The number of rotatable bonds is 7. The summed E-state index contributed by atoms with van der Waals surface area (Å²) in [6.45, 7) is 0. The molecule has 3 aliphatic carbocycles. The van der Waals surface area contributed by atoms with Crippen molar-refractivity contribution >= 4 is 50.1 Å². The molecule has 0 amide bonds. The minimum absolute atomic E-state index is 0.931. The lowest BCUT2D eigenvalue weighted by molar-refractivity contribution is 0.930. The molecule has 0 bridgehead atoms. The Hall–Kier alpha value is -7.48. The van der Waals surface area contributed by atoms with E-state index in [-0.39, 0.29) is 0 Å². The van der Waals surface area contributed by atoms with Crippen LogP contribution in [0.25, 0.3) is 83.3 Å². The second kappa shape index (κ2) is 14.7.